The average Bonchev–Trinajstić information content (AvgIpc) is 3.44. The lowest BCUT2D eigenvalue weighted by Crippen LogP contribution is -2.69. The molecule has 6 rings (SSSR count). The number of carboxylic acids is 1. The normalized spacial score (nSPS) is 47.7. The molecule has 3 saturated carbocycles. The van der Waals surface area contributed by atoms with Gasteiger partial charge in [-0.3, -0.25) is 14.5 Å². The summed E-state index contributed by atoms with van der Waals surface area (Å²) in [4.78, 5) is 27.1. The third-order valence-electron chi connectivity index (χ3n) is 10.8. The maximum Gasteiger partial charge on any atom is 0.311 e. The number of alkyl halides is 2. The van der Waals surface area contributed by atoms with Gasteiger partial charge in [0, 0.05) is 24.4 Å². The summed E-state index contributed by atoms with van der Waals surface area (Å²) in [6.45, 7) is 6.58. The summed E-state index contributed by atoms with van der Waals surface area (Å²) in [6, 6.07) is 3.77. The Balaban J connectivity index is 1.39. The minimum absolute atomic E-state index is 0.0250. The zero-order valence-corrected chi connectivity index (χ0v) is 20.8. The van der Waals surface area contributed by atoms with Gasteiger partial charge < -0.3 is 14.6 Å². The van der Waals surface area contributed by atoms with Crippen LogP contribution < -0.4 is 0 Å². The molecule has 1 aromatic heterocycles. The van der Waals surface area contributed by atoms with E-state index < -0.39 is 52.0 Å². The predicted octanol–water partition coefficient (Wildman–Crippen LogP) is 4.02. The van der Waals surface area contributed by atoms with Crippen molar-refractivity contribution in [1.29, 1.82) is 0 Å². The van der Waals surface area contributed by atoms with E-state index in [-0.39, 0.29) is 36.7 Å². The van der Waals surface area contributed by atoms with Gasteiger partial charge in [0.2, 0.25) is 0 Å². The largest absolute Gasteiger partial charge is 0.481 e. The molecule has 0 amide bonds. The molecule has 194 valence electrons. The number of carbonyl (C=O) groups is 2. The topological polar surface area (TPSA) is 91.0 Å². The number of carboxylic acid groups (broad SMARTS) is 1. The number of ketones is 1. The van der Waals surface area contributed by atoms with E-state index in [0.717, 1.165) is 11.5 Å². The zero-order valence-electron chi connectivity index (χ0n) is 20.8. The second-order valence-electron chi connectivity index (χ2n) is 12.3. The molecule has 0 aromatic carbocycles. The fourth-order valence-electron chi connectivity index (χ4n) is 9.14. The Labute approximate surface area is 209 Å². The fourth-order valence-corrected chi connectivity index (χ4v) is 9.14. The average molecular weight is 502 g/mol. The summed E-state index contributed by atoms with van der Waals surface area (Å²) in [6.07, 6.45) is 1.13. The molecule has 1 aromatic rings. The number of aliphatic hydroxyl groups is 1. The number of halogens is 2. The number of nitrogens with zero attached hydrogens (tertiary/aromatic N) is 1. The Hall–Kier alpha value is -2.32. The lowest BCUT2D eigenvalue weighted by molar-refractivity contribution is -0.215. The van der Waals surface area contributed by atoms with Crippen LogP contribution in [0.25, 0.3) is 0 Å². The summed E-state index contributed by atoms with van der Waals surface area (Å²) in [5.74, 6) is -1.27. The molecule has 8 heteroatoms. The van der Waals surface area contributed by atoms with Crippen LogP contribution in [0.15, 0.2) is 40.4 Å². The summed E-state index contributed by atoms with van der Waals surface area (Å²) in [5.41, 5.74) is -5.65. The van der Waals surface area contributed by atoms with E-state index in [1.54, 1.807) is 6.92 Å². The van der Waals surface area contributed by atoms with Crippen LogP contribution in [0.1, 0.15) is 44.6 Å². The molecule has 1 aliphatic heterocycles. The van der Waals surface area contributed by atoms with Crippen molar-refractivity contribution >= 4 is 11.8 Å². The molecule has 0 unspecified atom stereocenters. The van der Waals surface area contributed by atoms with Crippen LogP contribution in [0.2, 0.25) is 0 Å². The second kappa shape index (κ2) is 7.38. The highest BCUT2D eigenvalue weighted by Crippen LogP contribution is 2.74. The third-order valence-corrected chi connectivity index (χ3v) is 10.8. The highest BCUT2D eigenvalue weighted by atomic mass is 19.1. The molecule has 36 heavy (non-hydrogen) atoms. The van der Waals surface area contributed by atoms with Gasteiger partial charge in [0.05, 0.1) is 18.1 Å². The molecule has 2 N–H and O–H groups in total. The Morgan fingerprint density at radius 1 is 1.25 bits per heavy atom. The van der Waals surface area contributed by atoms with Crippen LogP contribution in [0.3, 0.4) is 0 Å². The first-order valence-corrected chi connectivity index (χ1v) is 12.8. The highest BCUT2D eigenvalue weighted by Gasteiger charge is 2.78. The summed E-state index contributed by atoms with van der Waals surface area (Å²) >= 11 is 0. The molecule has 9 atom stereocenters. The van der Waals surface area contributed by atoms with Crippen molar-refractivity contribution in [3.05, 3.63) is 47.5 Å². The molecular formula is C28H33F2NO5. The van der Waals surface area contributed by atoms with Crippen LogP contribution in [-0.2, 0) is 16.1 Å². The number of carbonyl (C=O) groups excluding carboxylic acids is 1. The number of hydrogen-bond acceptors (Lipinski definition) is 5. The Kier molecular flexibility index (Phi) is 4.93. The zero-order chi connectivity index (χ0) is 25.8. The van der Waals surface area contributed by atoms with Gasteiger partial charge in [-0.05, 0) is 80.2 Å². The molecule has 2 heterocycles. The van der Waals surface area contributed by atoms with Crippen LogP contribution in [0.4, 0.5) is 8.78 Å². The lowest BCUT2D eigenvalue weighted by atomic mass is 9.43. The van der Waals surface area contributed by atoms with E-state index in [0.29, 0.717) is 19.5 Å². The monoisotopic (exact) mass is 501 g/mol. The number of aliphatic hydroxyl groups excluding tert-OH is 1. The standard InChI is InChI=1S/C28H33F2NO5/c1-15-4-5-18(36-15)13-31-12-16-8-19-20-10-22(29)21-9-17(32)6-7-25(21,2)28(20,30)23(33)11-26(19,3)27(16,14-31)24(34)35/h4-7,9,16,19-20,22-23,33H,8,10-14H2,1-3H3,(H,34,35)/t16-,19-,20-,22-,23-,25-,26-,27+,28-/m0/s1. The van der Waals surface area contributed by atoms with Crippen molar-refractivity contribution in [2.75, 3.05) is 13.1 Å². The van der Waals surface area contributed by atoms with Crippen LogP contribution in [-0.4, -0.2) is 57.9 Å². The molecule has 4 fully saturated rings. The van der Waals surface area contributed by atoms with Crippen molar-refractivity contribution in [1.82, 2.24) is 4.90 Å². The molecule has 0 bridgehead atoms. The number of hydrogen-bond donors (Lipinski definition) is 2. The molecule has 0 radical (unpaired) electrons. The number of aryl methyl sites for hydroxylation is 1. The van der Waals surface area contributed by atoms with E-state index in [1.165, 1.54) is 18.2 Å². The van der Waals surface area contributed by atoms with E-state index in [4.69, 9.17) is 4.42 Å². The number of fused-ring (bicyclic) bond motifs is 7. The predicted molar refractivity (Wildman–Crippen MR) is 126 cm³/mol. The molecule has 5 aliphatic rings. The Morgan fingerprint density at radius 3 is 2.67 bits per heavy atom. The van der Waals surface area contributed by atoms with Crippen LogP contribution >= 0.6 is 0 Å². The molecule has 6 nitrogen and oxygen atoms in total. The van der Waals surface area contributed by atoms with Crippen molar-refractivity contribution in [2.24, 2.45) is 34.0 Å². The van der Waals surface area contributed by atoms with Gasteiger partial charge in [0.1, 0.15) is 17.7 Å². The maximum absolute atomic E-state index is 17.3. The van der Waals surface area contributed by atoms with Gasteiger partial charge in [0.25, 0.3) is 0 Å². The minimum Gasteiger partial charge on any atom is -0.481 e. The van der Waals surface area contributed by atoms with Crippen molar-refractivity contribution in [3.63, 3.8) is 0 Å². The molecule has 0 spiro atoms. The van der Waals surface area contributed by atoms with Crippen molar-refractivity contribution in [3.8, 4) is 0 Å². The van der Waals surface area contributed by atoms with Gasteiger partial charge in [-0.2, -0.15) is 0 Å². The SMILES string of the molecule is Cc1ccc(CN2C[C@@H]3C[C@H]4[C@@H]5C[C@H](F)C6=CC(=O)C=C[C@]6(C)[C@@]5(F)[C@@H](O)C[C@]4(C)[C@]3(C(=O)O)C2)o1. The number of furan rings is 1. The van der Waals surface area contributed by atoms with Gasteiger partial charge >= 0.3 is 5.97 Å². The molecule has 4 aliphatic carbocycles. The van der Waals surface area contributed by atoms with E-state index in [9.17, 15) is 19.8 Å². The van der Waals surface area contributed by atoms with E-state index >= 15 is 8.78 Å². The Morgan fingerprint density at radius 2 is 2.00 bits per heavy atom. The highest BCUT2D eigenvalue weighted by molar-refractivity contribution is 6.01. The number of rotatable bonds is 3. The number of aliphatic carboxylic acids is 1. The summed E-state index contributed by atoms with van der Waals surface area (Å²) < 4.78 is 38.6. The fraction of sp³-hybridized carbons (Fsp3) is 0.643. The molecule has 1 saturated heterocycles. The second-order valence-corrected chi connectivity index (χ2v) is 12.3. The lowest BCUT2D eigenvalue weighted by Gasteiger charge is -2.63. The van der Waals surface area contributed by atoms with Crippen LogP contribution in [0, 0.1) is 40.9 Å². The van der Waals surface area contributed by atoms with Crippen molar-refractivity contribution in [2.45, 2.75) is 64.5 Å². The maximum atomic E-state index is 17.3. The Bertz CT molecular complexity index is 1210. The smallest absolute Gasteiger partial charge is 0.311 e. The minimum atomic E-state index is -2.19. The van der Waals surface area contributed by atoms with Gasteiger partial charge in [-0.25, -0.2) is 8.78 Å². The summed E-state index contributed by atoms with van der Waals surface area (Å²) in [7, 11) is 0. The van der Waals surface area contributed by atoms with Crippen molar-refractivity contribution < 1.29 is 33.0 Å². The molecular weight excluding hydrogens is 468 g/mol. The van der Waals surface area contributed by atoms with Crippen LogP contribution in [0.5, 0.6) is 0 Å². The van der Waals surface area contributed by atoms with E-state index in [2.05, 4.69) is 4.90 Å². The van der Waals surface area contributed by atoms with Gasteiger partial charge in [0.15, 0.2) is 11.5 Å². The first kappa shape index (κ1) is 24.0. The summed E-state index contributed by atoms with van der Waals surface area (Å²) in [5, 5.41) is 22.2. The first-order chi connectivity index (χ1) is 16.9. The quantitative estimate of drug-likeness (QED) is 0.650. The van der Waals surface area contributed by atoms with E-state index in [1.807, 2.05) is 26.0 Å². The van der Waals surface area contributed by atoms with Gasteiger partial charge in [-0.15, -0.1) is 0 Å². The number of likely N-dealkylation sites (tertiary alicyclic amines) is 1. The van der Waals surface area contributed by atoms with Gasteiger partial charge in [-0.1, -0.05) is 13.0 Å². The number of allylic oxidation sites excluding steroid dienone is 4. The third kappa shape index (κ3) is 2.72. The first-order valence-electron chi connectivity index (χ1n) is 12.8.